The molecule has 0 radical (unpaired) electrons. The third-order valence-corrected chi connectivity index (χ3v) is 5.46. The molecule has 1 aliphatic rings. The molecule has 1 fully saturated rings. The summed E-state index contributed by atoms with van der Waals surface area (Å²) in [6.07, 6.45) is 1.65. The van der Waals surface area contributed by atoms with E-state index in [4.69, 9.17) is 26.4 Å². The molecule has 8 nitrogen and oxygen atoms in total. The quantitative estimate of drug-likeness (QED) is 0.516. The SMILES string of the molecule is COc1cc(C(=O)NN2C(=O)C(=Cc3ccc(OC)c(OC)c3)SC2=S)ccc1O. The van der Waals surface area contributed by atoms with E-state index in [1.165, 1.54) is 39.5 Å². The molecule has 2 amide bonds. The normalized spacial score (nSPS) is 14.8. The van der Waals surface area contributed by atoms with Crippen LogP contribution in [0.15, 0.2) is 41.3 Å². The summed E-state index contributed by atoms with van der Waals surface area (Å²) in [5.41, 5.74) is 3.39. The van der Waals surface area contributed by atoms with Crippen molar-refractivity contribution in [1.29, 1.82) is 0 Å². The van der Waals surface area contributed by atoms with Gasteiger partial charge in [0.05, 0.1) is 26.2 Å². The zero-order valence-electron chi connectivity index (χ0n) is 16.3. The molecule has 0 atom stereocenters. The van der Waals surface area contributed by atoms with Crippen molar-refractivity contribution in [3.8, 4) is 23.0 Å². The Morgan fingerprint density at radius 2 is 1.77 bits per heavy atom. The third kappa shape index (κ3) is 4.34. The summed E-state index contributed by atoms with van der Waals surface area (Å²) >= 11 is 6.30. The number of methoxy groups -OCH3 is 3. The minimum atomic E-state index is -0.572. The lowest BCUT2D eigenvalue weighted by molar-refractivity contribution is -0.123. The van der Waals surface area contributed by atoms with Crippen molar-refractivity contribution in [3.05, 3.63) is 52.4 Å². The average Bonchev–Trinajstić information content (AvgIpc) is 3.01. The molecule has 1 heterocycles. The van der Waals surface area contributed by atoms with Gasteiger partial charge < -0.3 is 19.3 Å². The number of benzene rings is 2. The van der Waals surface area contributed by atoms with Gasteiger partial charge in [-0.2, -0.15) is 5.01 Å². The number of nitrogens with zero attached hydrogens (tertiary/aromatic N) is 1. The van der Waals surface area contributed by atoms with E-state index in [1.807, 2.05) is 0 Å². The van der Waals surface area contributed by atoms with Crippen LogP contribution in [0.4, 0.5) is 0 Å². The van der Waals surface area contributed by atoms with E-state index in [9.17, 15) is 14.7 Å². The van der Waals surface area contributed by atoms with Gasteiger partial charge in [0.2, 0.25) is 0 Å². The Labute approximate surface area is 182 Å². The number of rotatable bonds is 6. The number of thioether (sulfide) groups is 1. The minimum absolute atomic E-state index is 0.0995. The highest BCUT2D eigenvalue weighted by atomic mass is 32.2. The van der Waals surface area contributed by atoms with Gasteiger partial charge in [0.1, 0.15) is 0 Å². The van der Waals surface area contributed by atoms with Crippen molar-refractivity contribution in [2.45, 2.75) is 0 Å². The molecular weight excluding hydrogens is 428 g/mol. The summed E-state index contributed by atoms with van der Waals surface area (Å²) in [5.74, 6) is 0.102. The van der Waals surface area contributed by atoms with Crippen LogP contribution in [0.3, 0.4) is 0 Å². The second-order valence-electron chi connectivity index (χ2n) is 5.96. The molecule has 0 aromatic heterocycles. The molecule has 0 spiro atoms. The average molecular weight is 447 g/mol. The number of carbonyl (C=O) groups excluding carboxylic acids is 2. The number of amides is 2. The summed E-state index contributed by atoms with van der Waals surface area (Å²) in [4.78, 5) is 25.6. The van der Waals surface area contributed by atoms with Gasteiger partial charge in [0, 0.05) is 5.56 Å². The lowest BCUT2D eigenvalue weighted by Crippen LogP contribution is -2.44. The minimum Gasteiger partial charge on any atom is -0.504 e. The smallest absolute Gasteiger partial charge is 0.285 e. The maximum absolute atomic E-state index is 12.8. The van der Waals surface area contributed by atoms with Crippen LogP contribution in [-0.4, -0.2) is 47.6 Å². The van der Waals surface area contributed by atoms with Gasteiger partial charge in [-0.1, -0.05) is 17.8 Å². The molecule has 156 valence electrons. The largest absolute Gasteiger partial charge is 0.504 e. The highest BCUT2D eigenvalue weighted by Gasteiger charge is 2.34. The van der Waals surface area contributed by atoms with Crippen LogP contribution in [0.1, 0.15) is 15.9 Å². The number of hydrogen-bond acceptors (Lipinski definition) is 8. The molecule has 1 saturated heterocycles. The fourth-order valence-corrected chi connectivity index (χ4v) is 3.82. The van der Waals surface area contributed by atoms with Crippen molar-refractivity contribution in [2.75, 3.05) is 21.3 Å². The molecule has 2 N–H and O–H groups in total. The molecule has 0 aliphatic carbocycles. The Morgan fingerprint density at radius 1 is 1.07 bits per heavy atom. The van der Waals surface area contributed by atoms with Crippen LogP contribution in [-0.2, 0) is 4.79 Å². The van der Waals surface area contributed by atoms with Gasteiger partial charge in [-0.3, -0.25) is 15.0 Å². The molecule has 2 aromatic rings. The Kier molecular flexibility index (Phi) is 6.48. The molecule has 0 bridgehead atoms. The highest BCUT2D eigenvalue weighted by molar-refractivity contribution is 8.26. The number of aromatic hydroxyl groups is 1. The molecule has 0 unspecified atom stereocenters. The molecule has 10 heteroatoms. The third-order valence-electron chi connectivity index (χ3n) is 4.15. The molecule has 1 aliphatic heterocycles. The van der Waals surface area contributed by atoms with Crippen molar-refractivity contribution in [3.63, 3.8) is 0 Å². The van der Waals surface area contributed by atoms with Crippen molar-refractivity contribution < 1.29 is 28.9 Å². The van der Waals surface area contributed by atoms with Gasteiger partial charge in [-0.05, 0) is 54.2 Å². The maximum atomic E-state index is 12.8. The number of thiocarbonyl (C=S) groups is 1. The van der Waals surface area contributed by atoms with Crippen molar-refractivity contribution in [1.82, 2.24) is 10.4 Å². The number of hydrazine groups is 1. The van der Waals surface area contributed by atoms with Gasteiger partial charge in [-0.15, -0.1) is 0 Å². The predicted octanol–water partition coefficient (Wildman–Crippen LogP) is 2.96. The highest BCUT2D eigenvalue weighted by Crippen LogP contribution is 2.34. The van der Waals surface area contributed by atoms with Crippen LogP contribution >= 0.6 is 24.0 Å². The zero-order chi connectivity index (χ0) is 21.8. The molecule has 0 saturated carbocycles. The van der Waals surface area contributed by atoms with Crippen LogP contribution < -0.4 is 19.6 Å². The number of ether oxygens (including phenoxy) is 3. The van der Waals surface area contributed by atoms with Gasteiger partial charge in [0.25, 0.3) is 11.8 Å². The predicted molar refractivity (Wildman–Crippen MR) is 117 cm³/mol. The van der Waals surface area contributed by atoms with E-state index in [0.717, 1.165) is 16.8 Å². The second-order valence-corrected chi connectivity index (χ2v) is 7.63. The van der Waals surface area contributed by atoms with E-state index in [-0.39, 0.29) is 21.4 Å². The van der Waals surface area contributed by atoms with Gasteiger partial charge in [-0.25, -0.2) is 0 Å². The molecule has 3 rings (SSSR count). The first-order chi connectivity index (χ1) is 14.4. The van der Waals surface area contributed by atoms with E-state index >= 15 is 0 Å². The zero-order valence-corrected chi connectivity index (χ0v) is 17.9. The van der Waals surface area contributed by atoms with Crippen LogP contribution in [0.25, 0.3) is 6.08 Å². The number of phenols is 1. The first-order valence-electron chi connectivity index (χ1n) is 8.56. The Balaban J connectivity index is 1.79. The summed E-state index contributed by atoms with van der Waals surface area (Å²) in [7, 11) is 4.43. The lowest BCUT2D eigenvalue weighted by atomic mass is 10.2. The fraction of sp³-hybridized carbons (Fsp3) is 0.150. The van der Waals surface area contributed by atoms with Crippen LogP contribution in [0, 0.1) is 0 Å². The van der Waals surface area contributed by atoms with Crippen LogP contribution in [0.2, 0.25) is 0 Å². The number of phenolic OH excluding ortho intramolecular Hbond substituents is 1. The standard InChI is InChI=1S/C20H18N2O6S2/c1-26-14-7-4-11(8-16(14)28-3)9-17-19(25)22(20(29)30-17)21-18(24)12-5-6-13(23)15(10-12)27-2/h4-10,23H,1-3H3,(H,21,24). The van der Waals surface area contributed by atoms with E-state index in [0.29, 0.717) is 22.0 Å². The van der Waals surface area contributed by atoms with Crippen molar-refractivity contribution >= 4 is 46.2 Å². The molecule has 30 heavy (non-hydrogen) atoms. The number of nitrogens with one attached hydrogen (secondary N) is 1. The summed E-state index contributed by atoms with van der Waals surface area (Å²) in [6.45, 7) is 0. The first kappa shape index (κ1) is 21.5. The lowest BCUT2D eigenvalue weighted by Gasteiger charge is -2.16. The molecule has 2 aromatic carbocycles. The Hall–Kier alpha value is -3.24. The number of hydrogen-bond donors (Lipinski definition) is 2. The summed E-state index contributed by atoms with van der Waals surface area (Å²) < 4.78 is 15.7. The van der Waals surface area contributed by atoms with E-state index in [2.05, 4.69) is 5.43 Å². The van der Waals surface area contributed by atoms with E-state index < -0.39 is 11.8 Å². The van der Waals surface area contributed by atoms with Crippen molar-refractivity contribution in [2.24, 2.45) is 0 Å². The fourth-order valence-electron chi connectivity index (χ4n) is 2.64. The Morgan fingerprint density at radius 3 is 2.43 bits per heavy atom. The Bertz CT molecular complexity index is 1050. The summed E-state index contributed by atoms with van der Waals surface area (Å²) in [5, 5.41) is 10.7. The monoisotopic (exact) mass is 446 g/mol. The van der Waals surface area contributed by atoms with Gasteiger partial charge in [0.15, 0.2) is 27.3 Å². The second kappa shape index (κ2) is 9.06. The summed E-state index contributed by atoms with van der Waals surface area (Å²) in [6, 6.07) is 9.33. The maximum Gasteiger partial charge on any atom is 0.285 e. The van der Waals surface area contributed by atoms with E-state index in [1.54, 1.807) is 24.3 Å². The molecular formula is C20H18N2O6S2. The topological polar surface area (TPSA) is 97.3 Å². The van der Waals surface area contributed by atoms with Crippen LogP contribution in [0.5, 0.6) is 23.0 Å². The first-order valence-corrected chi connectivity index (χ1v) is 9.78. The number of carbonyl (C=O) groups is 2. The van der Waals surface area contributed by atoms with Gasteiger partial charge >= 0.3 is 0 Å².